The molecule has 0 aromatic heterocycles. The summed E-state index contributed by atoms with van der Waals surface area (Å²) in [5.74, 6) is 0. The van der Waals surface area contributed by atoms with Crippen molar-refractivity contribution in [2.75, 3.05) is 13.1 Å². The van der Waals surface area contributed by atoms with E-state index >= 15 is 0 Å². The SMILES string of the molecule is O=CCN1CCCCC1Cl. The summed E-state index contributed by atoms with van der Waals surface area (Å²) in [4.78, 5) is 12.1. The van der Waals surface area contributed by atoms with Crippen molar-refractivity contribution >= 4 is 17.9 Å². The minimum Gasteiger partial charge on any atom is -0.302 e. The van der Waals surface area contributed by atoms with E-state index in [1.165, 1.54) is 12.8 Å². The standard InChI is InChI=1S/C7H12ClNO/c8-7-3-1-2-4-9(7)5-6-10/h6-7H,1-5H2. The Morgan fingerprint density at radius 3 is 3.00 bits per heavy atom. The van der Waals surface area contributed by atoms with Gasteiger partial charge in [0.25, 0.3) is 0 Å². The molecule has 1 atom stereocenters. The van der Waals surface area contributed by atoms with Gasteiger partial charge < -0.3 is 4.79 Å². The van der Waals surface area contributed by atoms with Crippen molar-refractivity contribution in [1.82, 2.24) is 4.90 Å². The van der Waals surface area contributed by atoms with Crippen molar-refractivity contribution in [3.05, 3.63) is 0 Å². The van der Waals surface area contributed by atoms with Gasteiger partial charge in [0.1, 0.15) is 6.29 Å². The number of nitrogens with zero attached hydrogens (tertiary/aromatic N) is 1. The topological polar surface area (TPSA) is 20.3 Å². The summed E-state index contributed by atoms with van der Waals surface area (Å²) in [5, 5.41) is 0. The Morgan fingerprint density at radius 1 is 1.60 bits per heavy atom. The zero-order chi connectivity index (χ0) is 7.40. The quantitative estimate of drug-likeness (QED) is 0.345. The molecular formula is C7H12ClNO. The molecule has 3 heteroatoms. The lowest BCUT2D eigenvalue weighted by Gasteiger charge is -2.29. The molecule has 1 heterocycles. The van der Waals surface area contributed by atoms with E-state index in [1.807, 2.05) is 4.90 Å². The second kappa shape index (κ2) is 3.94. The molecule has 1 aliphatic heterocycles. The van der Waals surface area contributed by atoms with E-state index in [-0.39, 0.29) is 5.50 Å². The number of rotatable bonds is 2. The molecule has 0 aliphatic carbocycles. The van der Waals surface area contributed by atoms with Crippen LogP contribution >= 0.6 is 11.6 Å². The maximum absolute atomic E-state index is 10.1. The van der Waals surface area contributed by atoms with Crippen LogP contribution in [0.1, 0.15) is 19.3 Å². The van der Waals surface area contributed by atoms with Crippen molar-refractivity contribution in [3.8, 4) is 0 Å². The molecule has 2 nitrogen and oxygen atoms in total. The largest absolute Gasteiger partial charge is 0.302 e. The minimum atomic E-state index is 0.0962. The summed E-state index contributed by atoms with van der Waals surface area (Å²) < 4.78 is 0. The first-order chi connectivity index (χ1) is 4.84. The Labute approximate surface area is 66.1 Å². The van der Waals surface area contributed by atoms with Crippen LogP contribution in [0.15, 0.2) is 0 Å². The number of hydrogen-bond donors (Lipinski definition) is 0. The predicted molar refractivity (Wildman–Crippen MR) is 41.1 cm³/mol. The van der Waals surface area contributed by atoms with Crippen LogP contribution in [-0.4, -0.2) is 29.8 Å². The first-order valence-corrected chi connectivity index (χ1v) is 4.10. The lowest BCUT2D eigenvalue weighted by Crippen LogP contribution is -2.36. The van der Waals surface area contributed by atoms with Gasteiger partial charge in [-0.25, -0.2) is 0 Å². The summed E-state index contributed by atoms with van der Waals surface area (Å²) in [6, 6.07) is 0. The molecule has 1 saturated heterocycles. The van der Waals surface area contributed by atoms with Gasteiger partial charge in [-0.3, -0.25) is 4.90 Å². The third kappa shape index (κ3) is 1.96. The maximum Gasteiger partial charge on any atom is 0.134 e. The monoisotopic (exact) mass is 161 g/mol. The number of alkyl halides is 1. The summed E-state index contributed by atoms with van der Waals surface area (Å²) >= 11 is 5.93. The van der Waals surface area contributed by atoms with Crippen LogP contribution in [0.2, 0.25) is 0 Å². The highest BCUT2D eigenvalue weighted by atomic mass is 35.5. The summed E-state index contributed by atoms with van der Waals surface area (Å²) in [5.41, 5.74) is 0.0962. The van der Waals surface area contributed by atoms with E-state index in [2.05, 4.69) is 0 Å². The van der Waals surface area contributed by atoms with E-state index < -0.39 is 0 Å². The number of likely N-dealkylation sites (tertiary alicyclic amines) is 1. The molecule has 58 valence electrons. The molecule has 1 rings (SSSR count). The van der Waals surface area contributed by atoms with Gasteiger partial charge in [0.2, 0.25) is 0 Å². The third-order valence-corrected chi connectivity index (χ3v) is 2.34. The van der Waals surface area contributed by atoms with E-state index in [0.717, 1.165) is 19.3 Å². The van der Waals surface area contributed by atoms with Gasteiger partial charge >= 0.3 is 0 Å². The van der Waals surface area contributed by atoms with Crippen LogP contribution in [-0.2, 0) is 4.79 Å². The molecule has 0 spiro atoms. The Balaban J connectivity index is 2.32. The van der Waals surface area contributed by atoms with Gasteiger partial charge in [0.05, 0.1) is 12.0 Å². The molecule has 1 unspecified atom stereocenters. The third-order valence-electron chi connectivity index (χ3n) is 1.84. The second-order valence-electron chi connectivity index (χ2n) is 2.59. The zero-order valence-electron chi connectivity index (χ0n) is 5.92. The first-order valence-electron chi connectivity index (χ1n) is 3.66. The molecule has 0 aromatic carbocycles. The highest BCUT2D eigenvalue weighted by molar-refractivity contribution is 6.20. The molecule has 0 radical (unpaired) electrons. The molecule has 0 saturated carbocycles. The number of hydrogen-bond acceptors (Lipinski definition) is 2. The molecule has 1 aliphatic rings. The maximum atomic E-state index is 10.1. The van der Waals surface area contributed by atoms with Crippen LogP contribution < -0.4 is 0 Å². The number of carbonyl (C=O) groups excluding carboxylic acids is 1. The van der Waals surface area contributed by atoms with Gasteiger partial charge in [-0.1, -0.05) is 0 Å². The van der Waals surface area contributed by atoms with Gasteiger partial charge in [0.15, 0.2) is 0 Å². The summed E-state index contributed by atoms with van der Waals surface area (Å²) in [7, 11) is 0. The lowest BCUT2D eigenvalue weighted by molar-refractivity contribution is -0.109. The van der Waals surface area contributed by atoms with Crippen molar-refractivity contribution in [2.24, 2.45) is 0 Å². The van der Waals surface area contributed by atoms with Crippen LogP contribution in [0.25, 0.3) is 0 Å². The molecule has 10 heavy (non-hydrogen) atoms. The number of piperidine rings is 1. The van der Waals surface area contributed by atoms with Crippen molar-refractivity contribution in [1.29, 1.82) is 0 Å². The van der Waals surface area contributed by atoms with Gasteiger partial charge in [-0.05, 0) is 19.3 Å². The van der Waals surface area contributed by atoms with Crippen LogP contribution in [0.5, 0.6) is 0 Å². The Morgan fingerprint density at radius 2 is 2.40 bits per heavy atom. The highest BCUT2D eigenvalue weighted by Gasteiger charge is 2.18. The Hall–Kier alpha value is -0.0800. The van der Waals surface area contributed by atoms with Gasteiger partial charge in [0, 0.05) is 6.54 Å². The van der Waals surface area contributed by atoms with E-state index in [9.17, 15) is 4.79 Å². The average Bonchev–Trinajstić information content (AvgIpc) is 1.94. The van der Waals surface area contributed by atoms with E-state index in [0.29, 0.717) is 6.54 Å². The highest BCUT2D eigenvalue weighted by Crippen LogP contribution is 2.18. The Kier molecular flexibility index (Phi) is 3.16. The fourth-order valence-corrected chi connectivity index (χ4v) is 1.58. The van der Waals surface area contributed by atoms with Crippen LogP contribution in [0, 0.1) is 0 Å². The van der Waals surface area contributed by atoms with Crippen molar-refractivity contribution < 1.29 is 4.79 Å². The summed E-state index contributed by atoms with van der Waals surface area (Å²) in [6.07, 6.45) is 4.32. The van der Waals surface area contributed by atoms with Crippen molar-refractivity contribution in [2.45, 2.75) is 24.8 Å². The second-order valence-corrected chi connectivity index (χ2v) is 3.10. The Bertz CT molecular complexity index is 118. The fourth-order valence-electron chi connectivity index (χ4n) is 1.25. The molecular weight excluding hydrogens is 150 g/mol. The normalized spacial score (nSPS) is 28.3. The van der Waals surface area contributed by atoms with Gasteiger partial charge in [-0.2, -0.15) is 0 Å². The molecule has 0 amide bonds. The lowest BCUT2D eigenvalue weighted by atomic mass is 10.1. The zero-order valence-corrected chi connectivity index (χ0v) is 6.68. The number of carbonyl (C=O) groups is 1. The average molecular weight is 162 g/mol. The molecule has 0 N–H and O–H groups in total. The number of aldehydes is 1. The first kappa shape index (κ1) is 8.02. The van der Waals surface area contributed by atoms with Crippen molar-refractivity contribution in [3.63, 3.8) is 0 Å². The predicted octanol–water partition coefficient (Wildman–Crippen LogP) is 1.24. The molecule has 0 bridgehead atoms. The van der Waals surface area contributed by atoms with E-state index in [1.54, 1.807) is 0 Å². The molecule has 0 aromatic rings. The van der Waals surface area contributed by atoms with Crippen LogP contribution in [0.3, 0.4) is 0 Å². The van der Waals surface area contributed by atoms with E-state index in [4.69, 9.17) is 11.6 Å². The number of halogens is 1. The van der Waals surface area contributed by atoms with Gasteiger partial charge in [-0.15, -0.1) is 11.6 Å². The summed E-state index contributed by atoms with van der Waals surface area (Å²) in [6.45, 7) is 1.47. The smallest absolute Gasteiger partial charge is 0.134 e. The fraction of sp³-hybridized carbons (Fsp3) is 0.857. The molecule has 1 fully saturated rings. The van der Waals surface area contributed by atoms with Crippen LogP contribution in [0.4, 0.5) is 0 Å². The minimum absolute atomic E-state index is 0.0962.